The monoisotopic (exact) mass is 383 g/mol. The minimum atomic E-state index is -0.881. The molecule has 0 bridgehead atoms. The molecule has 0 saturated heterocycles. The van der Waals surface area contributed by atoms with Crippen molar-refractivity contribution in [1.29, 1.82) is 0 Å². The van der Waals surface area contributed by atoms with Gasteiger partial charge in [-0.3, -0.25) is 14.6 Å². The van der Waals surface area contributed by atoms with Gasteiger partial charge in [0, 0.05) is 42.3 Å². The van der Waals surface area contributed by atoms with Crippen molar-refractivity contribution in [2.45, 2.75) is 6.54 Å². The third-order valence-corrected chi connectivity index (χ3v) is 3.80. The molecule has 3 N–H and O–H groups in total. The predicted octanol–water partition coefficient (Wildman–Crippen LogP) is 3.25. The lowest BCUT2D eigenvalue weighted by Gasteiger charge is -2.10. The molecule has 2 aromatic carbocycles. The summed E-state index contributed by atoms with van der Waals surface area (Å²) >= 11 is 0. The van der Waals surface area contributed by atoms with E-state index in [1.807, 2.05) is 0 Å². The number of hydrogen-bond donors (Lipinski definition) is 3. The first-order chi connectivity index (χ1) is 13.4. The van der Waals surface area contributed by atoms with Crippen LogP contribution in [0.5, 0.6) is 5.75 Å². The molecule has 0 fully saturated rings. The molecule has 8 heteroatoms. The molecule has 0 aliphatic rings. The summed E-state index contributed by atoms with van der Waals surface area (Å²) in [5.74, 6) is -3.38. The predicted molar refractivity (Wildman–Crippen MR) is 97.8 cm³/mol. The molecule has 3 aromatic rings. The molecule has 28 heavy (non-hydrogen) atoms. The van der Waals surface area contributed by atoms with Gasteiger partial charge in [-0.1, -0.05) is 6.07 Å². The molecule has 0 spiro atoms. The summed E-state index contributed by atoms with van der Waals surface area (Å²) < 4.78 is 26.4. The molecule has 0 atom stereocenters. The lowest BCUT2D eigenvalue weighted by molar-refractivity contribution is 0.0947. The maximum absolute atomic E-state index is 13.2. The molecule has 3 rings (SSSR count). The topological polar surface area (TPSA) is 91.3 Å². The number of phenolic OH excluding ortho intramolecular Hbond substituents is 1. The van der Waals surface area contributed by atoms with Crippen molar-refractivity contribution in [1.82, 2.24) is 10.3 Å². The highest BCUT2D eigenvalue weighted by molar-refractivity contribution is 6.05. The van der Waals surface area contributed by atoms with Gasteiger partial charge in [-0.05, 0) is 35.9 Å². The molecule has 0 saturated carbocycles. The Morgan fingerprint density at radius 1 is 1.00 bits per heavy atom. The number of nitrogens with zero attached hydrogens (tertiary/aromatic N) is 1. The lowest BCUT2D eigenvalue weighted by Crippen LogP contribution is -2.23. The van der Waals surface area contributed by atoms with Crippen LogP contribution in [0.2, 0.25) is 0 Å². The van der Waals surface area contributed by atoms with E-state index in [4.69, 9.17) is 0 Å². The second-order valence-electron chi connectivity index (χ2n) is 5.89. The molecular weight excluding hydrogens is 368 g/mol. The van der Waals surface area contributed by atoms with Gasteiger partial charge in [0.05, 0.1) is 5.56 Å². The van der Waals surface area contributed by atoms with Crippen LogP contribution in [0.4, 0.5) is 14.5 Å². The minimum absolute atomic E-state index is 0.0127. The Balaban J connectivity index is 1.67. The number of halogens is 2. The van der Waals surface area contributed by atoms with Gasteiger partial charge >= 0.3 is 0 Å². The molecule has 0 aliphatic carbocycles. The number of benzene rings is 2. The second-order valence-corrected chi connectivity index (χ2v) is 5.89. The van der Waals surface area contributed by atoms with E-state index in [0.29, 0.717) is 6.07 Å². The number of amides is 2. The Morgan fingerprint density at radius 3 is 2.39 bits per heavy atom. The number of pyridine rings is 1. The van der Waals surface area contributed by atoms with Gasteiger partial charge < -0.3 is 15.7 Å². The van der Waals surface area contributed by atoms with Gasteiger partial charge in [0.25, 0.3) is 11.8 Å². The summed E-state index contributed by atoms with van der Waals surface area (Å²) in [6.07, 6.45) is 3.22. The van der Waals surface area contributed by atoms with Crippen LogP contribution in [-0.4, -0.2) is 21.9 Å². The Morgan fingerprint density at radius 2 is 1.75 bits per heavy atom. The van der Waals surface area contributed by atoms with Crippen LogP contribution >= 0.6 is 0 Å². The average molecular weight is 383 g/mol. The number of carbonyl (C=O) groups excluding carboxylic acids is 2. The molecule has 1 aromatic heterocycles. The van der Waals surface area contributed by atoms with Gasteiger partial charge in [0.2, 0.25) is 0 Å². The van der Waals surface area contributed by atoms with Crippen molar-refractivity contribution < 1.29 is 23.5 Å². The molecule has 2 amide bonds. The fourth-order valence-electron chi connectivity index (χ4n) is 2.47. The van der Waals surface area contributed by atoms with Gasteiger partial charge in [0.1, 0.15) is 17.4 Å². The minimum Gasteiger partial charge on any atom is -0.507 e. The van der Waals surface area contributed by atoms with Gasteiger partial charge in [-0.25, -0.2) is 8.78 Å². The van der Waals surface area contributed by atoms with E-state index in [9.17, 15) is 23.5 Å². The first-order valence-corrected chi connectivity index (χ1v) is 8.20. The molecule has 142 valence electrons. The number of hydrogen-bond acceptors (Lipinski definition) is 4. The molecule has 6 nitrogen and oxygen atoms in total. The Kier molecular flexibility index (Phi) is 5.59. The largest absolute Gasteiger partial charge is 0.507 e. The van der Waals surface area contributed by atoms with Crippen molar-refractivity contribution in [3.05, 3.63) is 89.2 Å². The smallest absolute Gasteiger partial charge is 0.255 e. The Labute approximate surface area is 158 Å². The summed E-state index contributed by atoms with van der Waals surface area (Å²) in [5, 5.41) is 15.1. The lowest BCUT2D eigenvalue weighted by atomic mass is 10.1. The average Bonchev–Trinajstić information content (AvgIpc) is 2.66. The normalized spacial score (nSPS) is 10.4. The molecule has 0 aliphatic heterocycles. The van der Waals surface area contributed by atoms with E-state index in [1.54, 1.807) is 24.5 Å². The molecule has 0 radical (unpaired) electrons. The number of aromatic nitrogens is 1. The maximum Gasteiger partial charge on any atom is 0.255 e. The van der Waals surface area contributed by atoms with Crippen LogP contribution in [-0.2, 0) is 6.54 Å². The van der Waals surface area contributed by atoms with Gasteiger partial charge in [0.15, 0.2) is 0 Å². The van der Waals surface area contributed by atoms with Crippen molar-refractivity contribution >= 4 is 17.5 Å². The fraction of sp³-hybridized carbons (Fsp3) is 0.0500. The summed E-state index contributed by atoms with van der Waals surface area (Å²) in [4.78, 5) is 28.2. The van der Waals surface area contributed by atoms with E-state index < -0.39 is 23.4 Å². The van der Waals surface area contributed by atoms with E-state index in [0.717, 1.165) is 17.7 Å². The summed E-state index contributed by atoms with van der Waals surface area (Å²) in [6.45, 7) is 0.232. The van der Waals surface area contributed by atoms with Crippen molar-refractivity contribution in [3.8, 4) is 5.75 Å². The van der Waals surface area contributed by atoms with Gasteiger partial charge in [-0.15, -0.1) is 0 Å². The zero-order valence-electron chi connectivity index (χ0n) is 14.4. The van der Waals surface area contributed by atoms with Crippen LogP contribution in [0.25, 0.3) is 0 Å². The SMILES string of the molecule is O=C(Nc1ccc(C(=O)NCc2cccnc2)c(O)c1)c1cc(F)cc(F)c1. The number of anilines is 1. The van der Waals surface area contributed by atoms with Crippen molar-refractivity contribution in [3.63, 3.8) is 0 Å². The van der Waals surface area contributed by atoms with E-state index in [1.165, 1.54) is 18.2 Å². The number of phenols is 1. The molecule has 0 unspecified atom stereocenters. The van der Waals surface area contributed by atoms with E-state index in [-0.39, 0.29) is 29.1 Å². The maximum atomic E-state index is 13.2. The Bertz CT molecular complexity index is 1010. The van der Waals surface area contributed by atoms with Gasteiger partial charge in [-0.2, -0.15) is 0 Å². The van der Waals surface area contributed by atoms with E-state index in [2.05, 4.69) is 15.6 Å². The third-order valence-electron chi connectivity index (χ3n) is 3.80. The number of carbonyl (C=O) groups is 2. The molecular formula is C20H15F2N3O3. The van der Waals surface area contributed by atoms with E-state index >= 15 is 0 Å². The number of nitrogens with one attached hydrogen (secondary N) is 2. The quantitative estimate of drug-likeness (QED) is 0.631. The summed E-state index contributed by atoms with van der Waals surface area (Å²) in [7, 11) is 0. The van der Waals surface area contributed by atoms with Crippen LogP contribution in [0.3, 0.4) is 0 Å². The van der Waals surface area contributed by atoms with Crippen LogP contribution < -0.4 is 10.6 Å². The first-order valence-electron chi connectivity index (χ1n) is 8.20. The Hall–Kier alpha value is -3.81. The summed E-state index contributed by atoms with van der Waals surface area (Å²) in [5.41, 5.74) is 0.756. The zero-order chi connectivity index (χ0) is 20.1. The summed E-state index contributed by atoms with van der Waals surface area (Å²) in [6, 6.07) is 9.86. The third kappa shape index (κ3) is 4.67. The highest BCUT2D eigenvalue weighted by Gasteiger charge is 2.14. The standard InChI is InChI=1S/C20H15F2N3O3/c21-14-6-13(7-15(22)8-14)19(27)25-16-3-4-17(18(26)9-16)20(28)24-11-12-2-1-5-23-10-12/h1-10,26H,11H2,(H,24,28)(H,25,27). The van der Waals surface area contributed by atoms with Crippen LogP contribution in [0.1, 0.15) is 26.3 Å². The second kappa shape index (κ2) is 8.26. The highest BCUT2D eigenvalue weighted by Crippen LogP contribution is 2.23. The molecule has 1 heterocycles. The zero-order valence-corrected chi connectivity index (χ0v) is 14.4. The highest BCUT2D eigenvalue weighted by atomic mass is 19.1. The van der Waals surface area contributed by atoms with Crippen molar-refractivity contribution in [2.24, 2.45) is 0 Å². The van der Waals surface area contributed by atoms with Crippen LogP contribution in [0, 0.1) is 11.6 Å². The number of aromatic hydroxyl groups is 1. The van der Waals surface area contributed by atoms with Crippen molar-refractivity contribution in [2.75, 3.05) is 5.32 Å². The first kappa shape index (κ1) is 19.0. The fourth-order valence-corrected chi connectivity index (χ4v) is 2.47. The van der Waals surface area contributed by atoms with Crippen LogP contribution in [0.15, 0.2) is 60.9 Å². The number of rotatable bonds is 5.